The third-order valence-corrected chi connectivity index (χ3v) is 6.16. The number of rotatable bonds is 4. The second-order valence-electron chi connectivity index (χ2n) is 7.73. The van der Waals surface area contributed by atoms with Gasteiger partial charge in [0.2, 0.25) is 6.79 Å². The smallest absolute Gasteiger partial charge is 0.336 e. The highest BCUT2D eigenvalue weighted by molar-refractivity contribution is 6.32. The van der Waals surface area contributed by atoms with Crippen LogP contribution in [0.4, 0.5) is 0 Å². The standard InChI is InChI=1S/C22H24ClNO5/c1-4-11(2)29-22(26)19-12(3)24-15-6-5-7-16(25)21(15)20(19)13-8-17-18(9-14(13)23)28-10-27-17/h8-9,11,20-21H,4-7,10H2,1-3H3/t11-,20-,21-/m0/s1. The van der Waals surface area contributed by atoms with Gasteiger partial charge in [-0.05, 0) is 44.7 Å². The molecular formula is C22H24ClNO5. The van der Waals surface area contributed by atoms with Crippen LogP contribution in [0.15, 0.2) is 28.4 Å². The van der Waals surface area contributed by atoms with Crippen molar-refractivity contribution in [3.63, 3.8) is 0 Å². The Hall–Kier alpha value is -2.34. The van der Waals surface area contributed by atoms with Gasteiger partial charge in [-0.3, -0.25) is 9.79 Å². The molecule has 4 rings (SSSR count). The van der Waals surface area contributed by atoms with Crippen molar-refractivity contribution in [3.8, 4) is 11.5 Å². The van der Waals surface area contributed by atoms with E-state index in [0.717, 1.165) is 18.6 Å². The Bertz CT molecular complexity index is 935. The molecule has 0 saturated heterocycles. The van der Waals surface area contributed by atoms with Crippen molar-refractivity contribution in [1.82, 2.24) is 0 Å². The summed E-state index contributed by atoms with van der Waals surface area (Å²) in [5.41, 5.74) is 2.46. The van der Waals surface area contributed by atoms with Crippen LogP contribution in [0, 0.1) is 5.92 Å². The number of carbonyl (C=O) groups is 2. The third kappa shape index (κ3) is 3.54. The van der Waals surface area contributed by atoms with Gasteiger partial charge in [-0.25, -0.2) is 4.79 Å². The number of halogens is 1. The number of ether oxygens (including phenoxy) is 3. The van der Waals surface area contributed by atoms with E-state index in [0.29, 0.717) is 46.2 Å². The molecule has 1 aliphatic carbocycles. The van der Waals surface area contributed by atoms with Crippen molar-refractivity contribution < 1.29 is 23.8 Å². The highest BCUT2D eigenvalue weighted by Crippen LogP contribution is 2.48. The Labute approximate surface area is 174 Å². The first-order chi connectivity index (χ1) is 13.9. The molecule has 3 atom stereocenters. The van der Waals surface area contributed by atoms with Crippen LogP contribution in [-0.2, 0) is 14.3 Å². The fourth-order valence-electron chi connectivity index (χ4n) is 4.22. The minimum absolute atomic E-state index is 0.0788. The topological polar surface area (TPSA) is 74.2 Å². The lowest BCUT2D eigenvalue weighted by Gasteiger charge is -2.36. The van der Waals surface area contributed by atoms with E-state index < -0.39 is 17.8 Å². The van der Waals surface area contributed by atoms with E-state index in [1.54, 1.807) is 19.1 Å². The van der Waals surface area contributed by atoms with Crippen LogP contribution < -0.4 is 9.47 Å². The molecule has 0 amide bonds. The lowest BCUT2D eigenvalue weighted by Crippen LogP contribution is -2.39. The molecule has 0 bridgehead atoms. The maximum atomic E-state index is 13.1. The van der Waals surface area contributed by atoms with Gasteiger partial charge in [0.25, 0.3) is 0 Å². The second-order valence-corrected chi connectivity index (χ2v) is 8.14. The number of nitrogens with zero attached hydrogens (tertiary/aromatic N) is 1. The number of esters is 1. The van der Waals surface area contributed by atoms with E-state index >= 15 is 0 Å². The lowest BCUT2D eigenvalue weighted by atomic mass is 9.69. The van der Waals surface area contributed by atoms with Gasteiger partial charge >= 0.3 is 5.97 Å². The zero-order chi connectivity index (χ0) is 20.7. The van der Waals surface area contributed by atoms with Gasteiger partial charge in [0.05, 0.1) is 17.6 Å². The zero-order valence-electron chi connectivity index (χ0n) is 16.8. The molecule has 0 unspecified atom stereocenters. The number of allylic oxidation sites excluding steroid dienone is 1. The van der Waals surface area contributed by atoms with Crippen LogP contribution in [0.2, 0.25) is 5.02 Å². The molecule has 3 aliphatic rings. The van der Waals surface area contributed by atoms with Crippen LogP contribution in [0.1, 0.15) is 57.9 Å². The fourth-order valence-corrected chi connectivity index (χ4v) is 4.49. The highest BCUT2D eigenvalue weighted by atomic mass is 35.5. The molecule has 1 saturated carbocycles. The van der Waals surface area contributed by atoms with Crippen LogP contribution in [0.5, 0.6) is 11.5 Å². The van der Waals surface area contributed by atoms with Crippen molar-refractivity contribution in [1.29, 1.82) is 0 Å². The van der Waals surface area contributed by atoms with E-state index in [-0.39, 0.29) is 18.7 Å². The molecular weight excluding hydrogens is 394 g/mol. The molecule has 154 valence electrons. The monoisotopic (exact) mass is 417 g/mol. The van der Waals surface area contributed by atoms with Crippen LogP contribution in [0.25, 0.3) is 0 Å². The lowest BCUT2D eigenvalue weighted by molar-refractivity contribution is -0.144. The van der Waals surface area contributed by atoms with Gasteiger partial charge in [0, 0.05) is 34.8 Å². The van der Waals surface area contributed by atoms with Crippen molar-refractivity contribution >= 4 is 29.1 Å². The molecule has 0 radical (unpaired) electrons. The summed E-state index contributed by atoms with van der Waals surface area (Å²) in [5, 5.41) is 0.431. The highest BCUT2D eigenvalue weighted by Gasteiger charge is 2.45. The maximum absolute atomic E-state index is 13.1. The molecule has 2 aliphatic heterocycles. The predicted molar refractivity (Wildman–Crippen MR) is 109 cm³/mol. The van der Waals surface area contributed by atoms with Crippen molar-refractivity contribution in [2.75, 3.05) is 6.79 Å². The molecule has 0 spiro atoms. The van der Waals surface area contributed by atoms with E-state index in [9.17, 15) is 9.59 Å². The zero-order valence-corrected chi connectivity index (χ0v) is 17.5. The summed E-state index contributed by atoms with van der Waals surface area (Å²) in [6.45, 7) is 5.71. The number of hydrogen-bond donors (Lipinski definition) is 0. The summed E-state index contributed by atoms with van der Waals surface area (Å²) >= 11 is 6.61. The van der Waals surface area contributed by atoms with E-state index in [1.165, 1.54) is 0 Å². The van der Waals surface area contributed by atoms with Crippen molar-refractivity contribution in [2.45, 2.75) is 58.5 Å². The van der Waals surface area contributed by atoms with Gasteiger partial charge in [0.1, 0.15) is 5.78 Å². The van der Waals surface area contributed by atoms with E-state index in [4.69, 9.17) is 25.8 Å². The molecule has 2 heterocycles. The molecule has 6 nitrogen and oxygen atoms in total. The Balaban J connectivity index is 1.86. The number of ketones is 1. The average Bonchev–Trinajstić information content (AvgIpc) is 3.13. The van der Waals surface area contributed by atoms with Crippen LogP contribution >= 0.6 is 11.6 Å². The summed E-state index contributed by atoms with van der Waals surface area (Å²) in [4.78, 5) is 30.7. The number of hydrogen-bond acceptors (Lipinski definition) is 6. The third-order valence-electron chi connectivity index (χ3n) is 5.84. The van der Waals surface area contributed by atoms with Gasteiger partial charge in [-0.1, -0.05) is 18.5 Å². The van der Waals surface area contributed by atoms with Crippen molar-refractivity contribution in [3.05, 3.63) is 34.0 Å². The summed E-state index contributed by atoms with van der Waals surface area (Å²) in [6.07, 6.45) is 2.44. The number of fused-ring (bicyclic) bond motifs is 2. The van der Waals surface area contributed by atoms with Gasteiger partial charge in [-0.2, -0.15) is 0 Å². The first kappa shape index (κ1) is 20.0. The molecule has 0 N–H and O–H groups in total. The number of carbonyl (C=O) groups excluding carboxylic acids is 2. The van der Waals surface area contributed by atoms with Gasteiger partial charge < -0.3 is 14.2 Å². The first-order valence-electron chi connectivity index (χ1n) is 10.0. The van der Waals surface area contributed by atoms with Crippen LogP contribution in [-0.4, -0.2) is 30.4 Å². The first-order valence-corrected chi connectivity index (χ1v) is 10.4. The van der Waals surface area contributed by atoms with Gasteiger partial charge in [-0.15, -0.1) is 0 Å². The number of Topliss-reactive ketones (excluding diaryl/α,β-unsaturated/α-hetero) is 1. The predicted octanol–water partition coefficient (Wildman–Crippen LogP) is 4.59. The second kappa shape index (κ2) is 7.82. The van der Waals surface area contributed by atoms with E-state index in [1.807, 2.05) is 13.8 Å². The normalized spacial score (nSPS) is 24.1. The molecule has 29 heavy (non-hydrogen) atoms. The SMILES string of the molecule is CC[C@H](C)OC(=O)C1=C(C)N=C2CCCC(=O)[C@H]2[C@H]1c1cc2c(cc1Cl)OCO2. The van der Waals surface area contributed by atoms with Crippen molar-refractivity contribution in [2.24, 2.45) is 10.9 Å². The van der Waals surface area contributed by atoms with Gasteiger partial charge in [0.15, 0.2) is 11.5 Å². The Morgan fingerprint density at radius 1 is 1.28 bits per heavy atom. The summed E-state index contributed by atoms with van der Waals surface area (Å²) in [5.74, 6) is -0.308. The summed E-state index contributed by atoms with van der Waals surface area (Å²) < 4.78 is 16.6. The molecule has 1 aromatic rings. The minimum Gasteiger partial charge on any atom is -0.459 e. The Morgan fingerprint density at radius 2 is 2.00 bits per heavy atom. The summed E-state index contributed by atoms with van der Waals surface area (Å²) in [7, 11) is 0. The Morgan fingerprint density at radius 3 is 2.72 bits per heavy atom. The number of benzene rings is 1. The van der Waals surface area contributed by atoms with Crippen LogP contribution in [0.3, 0.4) is 0 Å². The van der Waals surface area contributed by atoms with E-state index in [2.05, 4.69) is 4.99 Å². The molecule has 7 heteroatoms. The fraction of sp³-hybridized carbons (Fsp3) is 0.500. The quantitative estimate of drug-likeness (QED) is 0.669. The average molecular weight is 418 g/mol. The summed E-state index contributed by atoms with van der Waals surface area (Å²) in [6, 6.07) is 3.47. The number of aliphatic imine (C=N–C) groups is 1. The minimum atomic E-state index is -0.547. The molecule has 1 aromatic carbocycles. The molecule has 1 fully saturated rings. The maximum Gasteiger partial charge on any atom is 0.336 e. The largest absolute Gasteiger partial charge is 0.459 e. The Kier molecular flexibility index (Phi) is 5.38. The molecule has 0 aromatic heterocycles.